The lowest BCUT2D eigenvalue weighted by atomic mass is 10.2. The topological polar surface area (TPSA) is 45.5 Å². The number of halogens is 4. The van der Waals surface area contributed by atoms with Gasteiger partial charge < -0.3 is 5.11 Å². The van der Waals surface area contributed by atoms with Gasteiger partial charge >= 0.3 is 0 Å². The third-order valence-corrected chi connectivity index (χ3v) is 8.51. The molecule has 1 heterocycles. The second kappa shape index (κ2) is 9.91. The summed E-state index contributed by atoms with van der Waals surface area (Å²) in [5.74, 6) is 0.906. The lowest BCUT2D eigenvalue weighted by Gasteiger charge is -2.04. The molecule has 0 amide bonds. The normalized spacial score (nSPS) is 11.6. The molecule has 30 heavy (non-hydrogen) atoms. The van der Waals surface area contributed by atoms with Crippen LogP contribution in [0.3, 0.4) is 0 Å². The van der Waals surface area contributed by atoms with Gasteiger partial charge in [-0.25, -0.2) is 4.98 Å². The first-order valence-electron chi connectivity index (χ1n) is 8.59. The fourth-order valence-corrected chi connectivity index (χ4v) is 7.40. The average Bonchev–Trinajstić information content (AvgIpc) is 3.11. The second-order valence-corrected chi connectivity index (χ2v) is 11.7. The molecule has 1 aromatic heterocycles. The smallest absolute Gasteiger partial charge is 0.151 e. The Morgan fingerprint density at radius 2 is 1.87 bits per heavy atom. The van der Waals surface area contributed by atoms with Crippen molar-refractivity contribution in [1.82, 2.24) is 4.98 Å². The molecule has 0 unspecified atom stereocenters. The molecule has 0 saturated heterocycles. The molecule has 4 rings (SSSR count). The van der Waals surface area contributed by atoms with Gasteiger partial charge in [0.25, 0.3) is 0 Å². The van der Waals surface area contributed by atoms with Crippen molar-refractivity contribution in [2.75, 3.05) is 0 Å². The molecule has 0 atom stereocenters. The summed E-state index contributed by atoms with van der Waals surface area (Å²) in [5, 5.41) is 11.6. The van der Waals surface area contributed by atoms with Crippen molar-refractivity contribution >= 4 is 114 Å². The van der Waals surface area contributed by atoms with E-state index in [1.807, 2.05) is 48.5 Å². The molecule has 0 radical (unpaired) electrons. The van der Waals surface area contributed by atoms with Crippen LogP contribution >= 0.6 is 91.5 Å². The van der Waals surface area contributed by atoms with E-state index in [9.17, 15) is 5.11 Å². The number of rotatable bonds is 5. The van der Waals surface area contributed by atoms with Crippen molar-refractivity contribution in [3.05, 3.63) is 76.8 Å². The predicted octanol–water partition coefficient (Wildman–Crippen LogP) is 8.56. The van der Waals surface area contributed by atoms with Crippen LogP contribution in [0.1, 0.15) is 11.1 Å². The fraction of sp³-hybridized carbons (Fsp3) is 0.0476. The largest absolute Gasteiger partial charge is 0.506 e. The minimum absolute atomic E-state index is 0.246. The fourth-order valence-electron chi connectivity index (χ4n) is 2.67. The lowest BCUT2D eigenvalue weighted by Crippen LogP contribution is -1.87. The van der Waals surface area contributed by atoms with Gasteiger partial charge in [-0.05, 0) is 93.2 Å². The van der Waals surface area contributed by atoms with Crippen molar-refractivity contribution in [3.63, 3.8) is 0 Å². The molecule has 0 spiro atoms. The van der Waals surface area contributed by atoms with Gasteiger partial charge in [0.05, 0.1) is 19.5 Å². The SMILES string of the molecule is Oc1c(I)cc(I)cc1C=Nc1ccc2nc(SCc3c(Cl)cccc3Cl)sc2c1. The molecule has 152 valence electrons. The second-order valence-electron chi connectivity index (χ2n) is 6.20. The van der Waals surface area contributed by atoms with Crippen molar-refractivity contribution in [2.45, 2.75) is 10.1 Å². The van der Waals surface area contributed by atoms with Crippen molar-refractivity contribution in [1.29, 1.82) is 0 Å². The van der Waals surface area contributed by atoms with Crippen LogP contribution in [0.25, 0.3) is 10.2 Å². The molecular formula is C21H12Cl2I2N2OS2. The number of thiazole rings is 1. The molecule has 4 aromatic rings. The Morgan fingerprint density at radius 3 is 2.63 bits per heavy atom. The van der Waals surface area contributed by atoms with E-state index in [0.717, 1.165) is 32.9 Å². The highest BCUT2D eigenvalue weighted by atomic mass is 127. The van der Waals surface area contributed by atoms with Crippen LogP contribution in [0.15, 0.2) is 57.9 Å². The van der Waals surface area contributed by atoms with E-state index < -0.39 is 0 Å². The van der Waals surface area contributed by atoms with Crippen molar-refractivity contribution in [3.8, 4) is 5.75 Å². The zero-order valence-electron chi connectivity index (χ0n) is 15.1. The minimum Gasteiger partial charge on any atom is -0.506 e. The molecule has 0 bridgehead atoms. The minimum atomic E-state index is 0.246. The number of benzene rings is 3. The summed E-state index contributed by atoms with van der Waals surface area (Å²) in [5.41, 5.74) is 3.36. The van der Waals surface area contributed by atoms with E-state index in [0.29, 0.717) is 21.4 Å². The molecule has 1 N–H and O–H groups in total. The van der Waals surface area contributed by atoms with Crippen molar-refractivity contribution in [2.24, 2.45) is 4.99 Å². The first kappa shape index (κ1) is 22.6. The molecule has 0 saturated carbocycles. The van der Waals surface area contributed by atoms with Crippen molar-refractivity contribution < 1.29 is 5.11 Å². The summed E-state index contributed by atoms with van der Waals surface area (Å²) >= 11 is 20.1. The molecule has 0 aliphatic heterocycles. The summed E-state index contributed by atoms with van der Waals surface area (Å²) in [4.78, 5) is 9.23. The number of fused-ring (bicyclic) bond motifs is 1. The van der Waals surface area contributed by atoms with Crippen LogP contribution in [-0.4, -0.2) is 16.3 Å². The van der Waals surface area contributed by atoms with E-state index in [4.69, 9.17) is 23.2 Å². The standard InChI is InChI=1S/C21H12Cl2I2N2OS2/c22-15-2-1-3-16(23)14(15)10-29-21-27-18-5-4-13(8-19(18)30-21)26-9-11-6-12(24)7-17(25)20(11)28/h1-9,28H,10H2. The molecule has 0 aliphatic rings. The number of phenols is 1. The molecular weight excluding hydrogens is 685 g/mol. The average molecular weight is 697 g/mol. The Morgan fingerprint density at radius 1 is 1.10 bits per heavy atom. The molecule has 3 aromatic carbocycles. The third kappa shape index (κ3) is 5.24. The van der Waals surface area contributed by atoms with Crippen LogP contribution in [0.2, 0.25) is 10.0 Å². The maximum absolute atomic E-state index is 10.2. The summed E-state index contributed by atoms with van der Waals surface area (Å²) < 4.78 is 3.86. The summed E-state index contributed by atoms with van der Waals surface area (Å²) in [6.07, 6.45) is 1.69. The Kier molecular flexibility index (Phi) is 7.46. The Hall–Kier alpha value is -0.590. The number of aliphatic imine (C=N–C) groups is 1. The van der Waals surface area contributed by atoms with E-state index in [1.54, 1.807) is 29.3 Å². The maximum Gasteiger partial charge on any atom is 0.151 e. The van der Waals surface area contributed by atoms with Crippen LogP contribution in [0.5, 0.6) is 5.75 Å². The monoisotopic (exact) mass is 696 g/mol. The predicted molar refractivity (Wildman–Crippen MR) is 146 cm³/mol. The van der Waals surface area contributed by atoms with Gasteiger partial charge in [0.2, 0.25) is 0 Å². The maximum atomic E-state index is 10.2. The quantitative estimate of drug-likeness (QED) is 0.129. The van der Waals surface area contributed by atoms with Crippen LogP contribution in [0.4, 0.5) is 5.69 Å². The van der Waals surface area contributed by atoms with Gasteiger partial charge in [-0.3, -0.25) is 4.99 Å². The van der Waals surface area contributed by atoms with Gasteiger partial charge in [-0.15, -0.1) is 11.3 Å². The number of nitrogens with zero attached hydrogens (tertiary/aromatic N) is 2. The summed E-state index contributed by atoms with van der Waals surface area (Å²) in [7, 11) is 0. The number of hydrogen-bond acceptors (Lipinski definition) is 5. The van der Waals surface area contributed by atoms with E-state index in [-0.39, 0.29) is 5.75 Å². The number of aromatic hydroxyl groups is 1. The number of phenolic OH excluding ortho intramolecular Hbond substituents is 1. The van der Waals surface area contributed by atoms with Crippen LogP contribution < -0.4 is 0 Å². The number of thioether (sulfide) groups is 1. The van der Waals surface area contributed by atoms with E-state index in [1.165, 1.54) is 0 Å². The van der Waals surface area contributed by atoms with Crippen LogP contribution in [0, 0.1) is 7.14 Å². The highest BCUT2D eigenvalue weighted by Gasteiger charge is 2.10. The van der Waals surface area contributed by atoms with Gasteiger partial charge in [-0.2, -0.15) is 0 Å². The summed E-state index contributed by atoms with van der Waals surface area (Å²) in [6.45, 7) is 0. The van der Waals surface area contributed by atoms with Gasteiger partial charge in [0, 0.05) is 31.1 Å². The third-order valence-electron chi connectivity index (χ3n) is 4.16. The lowest BCUT2D eigenvalue weighted by molar-refractivity contribution is 0.470. The Bertz CT molecular complexity index is 1260. The number of hydrogen-bond donors (Lipinski definition) is 1. The van der Waals surface area contributed by atoms with Gasteiger partial charge in [0.1, 0.15) is 5.75 Å². The zero-order chi connectivity index (χ0) is 21.3. The Labute approximate surface area is 219 Å². The Balaban J connectivity index is 1.54. The van der Waals surface area contributed by atoms with E-state index in [2.05, 4.69) is 55.2 Å². The van der Waals surface area contributed by atoms with Crippen LogP contribution in [-0.2, 0) is 5.75 Å². The molecule has 9 heteroatoms. The van der Waals surface area contributed by atoms with Gasteiger partial charge in [-0.1, -0.05) is 41.0 Å². The highest BCUT2D eigenvalue weighted by Crippen LogP contribution is 2.36. The summed E-state index contributed by atoms with van der Waals surface area (Å²) in [6, 6.07) is 15.3. The first-order chi connectivity index (χ1) is 14.4. The number of aromatic nitrogens is 1. The molecule has 0 fully saturated rings. The van der Waals surface area contributed by atoms with Gasteiger partial charge in [0.15, 0.2) is 4.34 Å². The zero-order valence-corrected chi connectivity index (χ0v) is 22.5. The first-order valence-corrected chi connectivity index (χ1v) is 13.3. The van der Waals surface area contributed by atoms with E-state index >= 15 is 0 Å². The molecule has 0 aliphatic carbocycles. The molecule has 3 nitrogen and oxygen atoms in total. The highest BCUT2D eigenvalue weighted by molar-refractivity contribution is 14.1.